The molecule has 0 bridgehead atoms. The number of aromatic amines is 1. The highest BCUT2D eigenvalue weighted by molar-refractivity contribution is 5.84. The first-order chi connectivity index (χ1) is 13.5. The van der Waals surface area contributed by atoms with Crippen molar-refractivity contribution in [1.82, 2.24) is 25.1 Å². The number of ether oxygens (including phenoxy) is 1. The molecule has 0 spiro atoms. The van der Waals surface area contributed by atoms with Crippen molar-refractivity contribution in [3.8, 4) is 0 Å². The lowest BCUT2D eigenvalue weighted by Gasteiger charge is -2.32. The summed E-state index contributed by atoms with van der Waals surface area (Å²) in [5, 5.41) is 9.73. The van der Waals surface area contributed by atoms with Gasteiger partial charge in [-0.3, -0.25) is 0 Å². The van der Waals surface area contributed by atoms with Gasteiger partial charge >= 0.3 is 0 Å². The number of aryl methyl sites for hydroxylation is 1. The molecule has 0 saturated heterocycles. The van der Waals surface area contributed by atoms with E-state index >= 15 is 0 Å². The molecule has 2 N–H and O–H groups in total. The molecule has 1 aliphatic heterocycles. The molecular formula is C22H31N5O. The summed E-state index contributed by atoms with van der Waals surface area (Å²) in [6.07, 6.45) is 5.44. The lowest BCUT2D eigenvalue weighted by molar-refractivity contribution is 0.177. The normalized spacial score (nSPS) is 18.4. The molecule has 3 aromatic rings. The fourth-order valence-electron chi connectivity index (χ4n) is 4.66. The maximum Gasteiger partial charge on any atom is 0.176 e. The monoisotopic (exact) mass is 381 g/mol. The van der Waals surface area contributed by atoms with Crippen LogP contribution >= 0.6 is 0 Å². The predicted octanol–water partition coefficient (Wildman–Crippen LogP) is 4.09. The number of nitrogens with one attached hydrogen (secondary N) is 2. The Bertz CT molecular complexity index is 941. The fraction of sp³-hybridized carbons (Fsp3) is 0.545. The summed E-state index contributed by atoms with van der Waals surface area (Å²) >= 11 is 0. The van der Waals surface area contributed by atoms with Gasteiger partial charge in [-0.2, -0.15) is 5.10 Å². The van der Waals surface area contributed by atoms with Crippen LogP contribution in [-0.4, -0.2) is 32.9 Å². The van der Waals surface area contributed by atoms with Crippen molar-refractivity contribution in [2.45, 2.75) is 70.7 Å². The number of rotatable bonds is 7. The topological polar surface area (TPSA) is 67.8 Å². The molecule has 2 atom stereocenters. The zero-order valence-electron chi connectivity index (χ0n) is 17.3. The third-order valence-electron chi connectivity index (χ3n) is 5.81. The fourth-order valence-corrected chi connectivity index (χ4v) is 4.66. The average Bonchev–Trinajstić information content (AvgIpc) is 3.26. The number of aromatic nitrogens is 4. The summed E-state index contributed by atoms with van der Waals surface area (Å²) in [7, 11) is 1.69. The molecule has 1 aromatic carbocycles. The minimum Gasteiger partial charge on any atom is -0.377 e. The zero-order chi connectivity index (χ0) is 19.7. The van der Waals surface area contributed by atoms with Crippen molar-refractivity contribution < 1.29 is 4.74 Å². The summed E-state index contributed by atoms with van der Waals surface area (Å²) in [4.78, 5) is 8.14. The standard InChI is InChI=1S/C22H31N5O/c1-15(12-22(2,3)17-13-23-18-9-6-5-8-16(17)18)24-19-10-7-11-27-21(19)25-20(26-27)14-28-4/h5-6,8-9,13,15,19,23-24H,7,10-12,14H2,1-4H3. The van der Waals surface area contributed by atoms with Crippen molar-refractivity contribution in [1.29, 1.82) is 0 Å². The number of benzene rings is 1. The molecule has 1 aliphatic rings. The molecule has 0 aliphatic carbocycles. The Kier molecular flexibility index (Phi) is 5.25. The highest BCUT2D eigenvalue weighted by Crippen LogP contribution is 2.34. The molecule has 28 heavy (non-hydrogen) atoms. The quantitative estimate of drug-likeness (QED) is 0.647. The van der Waals surface area contributed by atoms with Crippen LogP contribution in [0.1, 0.15) is 63.3 Å². The molecule has 0 fully saturated rings. The van der Waals surface area contributed by atoms with Gasteiger partial charge in [0.05, 0.1) is 6.04 Å². The first-order valence-corrected chi connectivity index (χ1v) is 10.2. The Balaban J connectivity index is 1.48. The van der Waals surface area contributed by atoms with Crippen LogP contribution in [0.2, 0.25) is 0 Å². The Morgan fingerprint density at radius 3 is 3.00 bits per heavy atom. The Morgan fingerprint density at radius 1 is 1.36 bits per heavy atom. The van der Waals surface area contributed by atoms with Crippen LogP contribution in [0.4, 0.5) is 0 Å². The van der Waals surface area contributed by atoms with E-state index in [0.29, 0.717) is 12.6 Å². The zero-order valence-corrected chi connectivity index (χ0v) is 17.3. The van der Waals surface area contributed by atoms with Crippen molar-refractivity contribution >= 4 is 10.9 Å². The number of H-pyrrole nitrogens is 1. The molecule has 150 valence electrons. The summed E-state index contributed by atoms with van der Waals surface area (Å²) < 4.78 is 7.25. The second-order valence-corrected chi connectivity index (χ2v) is 8.64. The highest BCUT2D eigenvalue weighted by Gasteiger charge is 2.30. The van der Waals surface area contributed by atoms with Gasteiger partial charge in [0.2, 0.25) is 0 Å². The molecule has 3 heterocycles. The Labute approximate surface area is 166 Å². The van der Waals surface area contributed by atoms with Gasteiger partial charge < -0.3 is 15.0 Å². The van der Waals surface area contributed by atoms with E-state index in [4.69, 9.17) is 9.72 Å². The molecule has 2 unspecified atom stereocenters. The van der Waals surface area contributed by atoms with Gasteiger partial charge in [-0.1, -0.05) is 32.0 Å². The largest absolute Gasteiger partial charge is 0.377 e. The third kappa shape index (κ3) is 3.71. The number of hydrogen-bond acceptors (Lipinski definition) is 4. The Hall–Kier alpha value is -2.18. The van der Waals surface area contributed by atoms with E-state index in [9.17, 15) is 0 Å². The van der Waals surface area contributed by atoms with Crippen LogP contribution in [0, 0.1) is 0 Å². The maximum absolute atomic E-state index is 5.20. The second kappa shape index (κ2) is 7.68. The minimum absolute atomic E-state index is 0.0650. The molecule has 6 nitrogen and oxygen atoms in total. The molecule has 0 amide bonds. The summed E-state index contributed by atoms with van der Waals surface area (Å²) in [5.74, 6) is 1.83. The lowest BCUT2D eigenvalue weighted by atomic mass is 9.79. The van der Waals surface area contributed by atoms with Gasteiger partial charge in [0.15, 0.2) is 5.82 Å². The average molecular weight is 382 g/mol. The van der Waals surface area contributed by atoms with Gasteiger partial charge in [-0.25, -0.2) is 9.67 Å². The number of hydrogen-bond donors (Lipinski definition) is 2. The summed E-state index contributed by atoms with van der Waals surface area (Å²) in [6, 6.07) is 9.16. The smallest absolute Gasteiger partial charge is 0.176 e. The highest BCUT2D eigenvalue weighted by atomic mass is 16.5. The minimum atomic E-state index is 0.0650. The van der Waals surface area contributed by atoms with E-state index in [2.05, 4.69) is 66.6 Å². The van der Waals surface area contributed by atoms with Crippen LogP contribution in [0.3, 0.4) is 0 Å². The van der Waals surface area contributed by atoms with Crippen molar-refractivity contribution in [3.05, 3.63) is 47.7 Å². The van der Waals surface area contributed by atoms with Crippen LogP contribution in [0.5, 0.6) is 0 Å². The number of methoxy groups -OCH3 is 1. The molecule has 2 aromatic heterocycles. The van der Waals surface area contributed by atoms with Gasteiger partial charge in [0, 0.05) is 36.8 Å². The number of para-hydroxylation sites is 1. The van der Waals surface area contributed by atoms with E-state index in [1.165, 1.54) is 16.5 Å². The van der Waals surface area contributed by atoms with Gasteiger partial charge in [0.25, 0.3) is 0 Å². The van der Waals surface area contributed by atoms with Crippen LogP contribution in [-0.2, 0) is 23.3 Å². The van der Waals surface area contributed by atoms with Crippen molar-refractivity contribution in [2.24, 2.45) is 0 Å². The van der Waals surface area contributed by atoms with E-state index in [-0.39, 0.29) is 11.5 Å². The van der Waals surface area contributed by atoms with Gasteiger partial charge in [-0.15, -0.1) is 0 Å². The van der Waals surface area contributed by atoms with Crippen molar-refractivity contribution in [3.63, 3.8) is 0 Å². The van der Waals surface area contributed by atoms with E-state index in [0.717, 1.165) is 37.5 Å². The van der Waals surface area contributed by atoms with Crippen LogP contribution < -0.4 is 5.32 Å². The van der Waals surface area contributed by atoms with E-state index in [1.54, 1.807) is 7.11 Å². The van der Waals surface area contributed by atoms with E-state index in [1.807, 2.05) is 4.68 Å². The summed E-state index contributed by atoms with van der Waals surface area (Å²) in [6.45, 7) is 8.36. The first kappa shape index (κ1) is 19.2. The third-order valence-corrected chi connectivity index (χ3v) is 5.81. The molecule has 4 rings (SSSR count). The van der Waals surface area contributed by atoms with Crippen molar-refractivity contribution in [2.75, 3.05) is 7.11 Å². The maximum atomic E-state index is 5.20. The SMILES string of the molecule is COCc1nc2n(n1)CCCC2NC(C)CC(C)(C)c1c[nH]c2ccccc12. The first-order valence-electron chi connectivity index (χ1n) is 10.2. The molecule has 0 saturated carbocycles. The predicted molar refractivity (Wildman–Crippen MR) is 111 cm³/mol. The number of nitrogens with zero attached hydrogens (tertiary/aromatic N) is 3. The van der Waals surface area contributed by atoms with Gasteiger partial charge in [0.1, 0.15) is 12.4 Å². The summed E-state index contributed by atoms with van der Waals surface area (Å²) in [5.41, 5.74) is 2.65. The van der Waals surface area contributed by atoms with E-state index < -0.39 is 0 Å². The van der Waals surface area contributed by atoms with Gasteiger partial charge in [-0.05, 0) is 43.2 Å². The molecule has 6 heteroatoms. The molecular weight excluding hydrogens is 350 g/mol. The lowest BCUT2D eigenvalue weighted by Crippen LogP contribution is -2.38. The second-order valence-electron chi connectivity index (χ2n) is 8.64. The van der Waals surface area contributed by atoms with Crippen LogP contribution in [0.25, 0.3) is 10.9 Å². The van der Waals surface area contributed by atoms with Crippen LogP contribution in [0.15, 0.2) is 30.5 Å². The number of fused-ring (bicyclic) bond motifs is 2. The molecule has 0 radical (unpaired) electrons. The Morgan fingerprint density at radius 2 is 2.18 bits per heavy atom.